The fourth-order valence-corrected chi connectivity index (χ4v) is 5.39. The number of rotatable bonds is 11. The van der Waals surface area contributed by atoms with Gasteiger partial charge in [0.15, 0.2) is 5.13 Å². The molecule has 1 aliphatic rings. The monoisotopic (exact) mass is 575 g/mol. The number of carbonyl (C=O) groups is 3. The average Bonchev–Trinajstić information content (AvgIpc) is 3.48. The molecule has 0 spiro atoms. The molecular formula is C31H33N3O6S. The first kappa shape index (κ1) is 29.5. The maximum Gasteiger partial charge on any atom is 0.350 e. The number of esters is 1. The lowest BCUT2D eigenvalue weighted by atomic mass is 9.95. The van der Waals surface area contributed by atoms with Gasteiger partial charge in [-0.25, -0.2) is 9.78 Å². The number of thiazole rings is 1. The molecule has 1 aliphatic heterocycles. The van der Waals surface area contributed by atoms with Crippen molar-refractivity contribution in [1.29, 1.82) is 0 Å². The standard InChI is InChI=1S/C31H33N3O6S/c1-6-8-17-39-23-11-9-10-21(18-23)26(35)24-25(20-12-14-22(15-13-20)33(4)5)34(29(37)27(24)36)31-32-19(3)28(41-31)30(38)40-16-7-2/h7,9-15,18,25,35H,2,6,8,16-17H2,1,3-5H3/b26-24+. The summed E-state index contributed by atoms with van der Waals surface area (Å²) < 4.78 is 11.0. The van der Waals surface area contributed by atoms with Crippen molar-refractivity contribution in [2.45, 2.75) is 32.7 Å². The number of amides is 1. The topological polar surface area (TPSA) is 109 Å². The van der Waals surface area contributed by atoms with E-state index in [2.05, 4.69) is 18.5 Å². The number of nitrogens with zero attached hydrogens (tertiary/aromatic N) is 3. The van der Waals surface area contributed by atoms with Crippen molar-refractivity contribution in [3.05, 3.63) is 88.5 Å². The number of Topliss-reactive ketones (excluding diaryl/α,β-unsaturated/α-hetero) is 1. The summed E-state index contributed by atoms with van der Waals surface area (Å²) in [5.41, 5.74) is 2.13. The van der Waals surface area contributed by atoms with Gasteiger partial charge in [-0.2, -0.15) is 0 Å². The van der Waals surface area contributed by atoms with Crippen molar-refractivity contribution in [2.75, 3.05) is 37.1 Å². The summed E-state index contributed by atoms with van der Waals surface area (Å²) in [7, 11) is 3.81. The van der Waals surface area contributed by atoms with Gasteiger partial charge in [0.25, 0.3) is 5.78 Å². The van der Waals surface area contributed by atoms with E-state index in [-0.39, 0.29) is 27.9 Å². The van der Waals surface area contributed by atoms with Crippen LogP contribution in [-0.4, -0.2) is 55.1 Å². The van der Waals surface area contributed by atoms with Crippen LogP contribution in [0.15, 0.2) is 66.8 Å². The van der Waals surface area contributed by atoms with Crippen LogP contribution in [0.5, 0.6) is 5.75 Å². The van der Waals surface area contributed by atoms with Gasteiger partial charge in [0.05, 0.1) is 23.9 Å². The Balaban J connectivity index is 1.84. The molecule has 1 atom stereocenters. The summed E-state index contributed by atoms with van der Waals surface area (Å²) in [5, 5.41) is 11.7. The number of hydrogen-bond acceptors (Lipinski definition) is 9. The fourth-order valence-electron chi connectivity index (χ4n) is 4.40. The zero-order valence-corrected chi connectivity index (χ0v) is 24.4. The number of unbranched alkanes of at least 4 members (excludes halogenated alkanes) is 1. The van der Waals surface area contributed by atoms with Crippen molar-refractivity contribution < 1.29 is 29.0 Å². The number of anilines is 2. The molecule has 3 aromatic rings. The van der Waals surface area contributed by atoms with E-state index in [9.17, 15) is 19.5 Å². The molecule has 0 saturated carbocycles. The van der Waals surface area contributed by atoms with Crippen molar-refractivity contribution in [1.82, 2.24) is 4.98 Å². The Morgan fingerprint density at radius 3 is 2.59 bits per heavy atom. The lowest BCUT2D eigenvalue weighted by molar-refractivity contribution is -0.132. The largest absolute Gasteiger partial charge is 0.507 e. The Kier molecular flexibility index (Phi) is 9.24. The molecule has 41 heavy (non-hydrogen) atoms. The normalized spacial score (nSPS) is 16.1. The predicted octanol–water partition coefficient (Wildman–Crippen LogP) is 5.67. The Labute approximate surface area is 243 Å². The first-order chi connectivity index (χ1) is 19.7. The van der Waals surface area contributed by atoms with Crippen LogP contribution in [0.3, 0.4) is 0 Å². The Morgan fingerprint density at radius 1 is 1.20 bits per heavy atom. The zero-order valence-electron chi connectivity index (χ0n) is 23.5. The van der Waals surface area contributed by atoms with Gasteiger partial charge < -0.3 is 19.5 Å². The van der Waals surface area contributed by atoms with Crippen LogP contribution >= 0.6 is 11.3 Å². The lowest BCUT2D eigenvalue weighted by Gasteiger charge is -2.23. The van der Waals surface area contributed by atoms with Crippen LogP contribution in [-0.2, 0) is 14.3 Å². The van der Waals surface area contributed by atoms with E-state index in [0.29, 0.717) is 29.2 Å². The Morgan fingerprint density at radius 2 is 1.93 bits per heavy atom. The van der Waals surface area contributed by atoms with Gasteiger partial charge >= 0.3 is 11.9 Å². The number of carbonyl (C=O) groups excluding carboxylic acids is 3. The maximum absolute atomic E-state index is 13.6. The first-order valence-electron chi connectivity index (χ1n) is 13.2. The van der Waals surface area contributed by atoms with Gasteiger partial charge in [-0.3, -0.25) is 14.5 Å². The molecule has 1 unspecified atom stereocenters. The second kappa shape index (κ2) is 12.8. The van der Waals surface area contributed by atoms with Gasteiger partial charge in [0.2, 0.25) is 0 Å². The Bertz CT molecular complexity index is 1490. The third kappa shape index (κ3) is 6.17. The minimum atomic E-state index is -0.988. The minimum absolute atomic E-state index is 0.0233. The first-order valence-corrected chi connectivity index (χ1v) is 14.1. The molecule has 9 nitrogen and oxygen atoms in total. The van der Waals surface area contributed by atoms with Crippen LogP contribution in [0, 0.1) is 6.92 Å². The van der Waals surface area contributed by atoms with E-state index in [1.807, 2.05) is 31.1 Å². The highest BCUT2D eigenvalue weighted by Crippen LogP contribution is 2.44. The minimum Gasteiger partial charge on any atom is -0.507 e. The highest BCUT2D eigenvalue weighted by molar-refractivity contribution is 7.17. The fraction of sp³-hybridized carbons (Fsp3) is 0.290. The molecule has 214 valence electrons. The second-order valence-corrected chi connectivity index (χ2v) is 10.7. The summed E-state index contributed by atoms with van der Waals surface area (Å²) in [4.78, 5) is 47.5. The number of benzene rings is 2. The van der Waals surface area contributed by atoms with Gasteiger partial charge in [-0.1, -0.05) is 61.6 Å². The van der Waals surface area contributed by atoms with Crippen molar-refractivity contribution in [3.63, 3.8) is 0 Å². The van der Waals surface area contributed by atoms with Crippen LogP contribution in [0.1, 0.15) is 52.3 Å². The third-order valence-corrected chi connectivity index (χ3v) is 7.69. The van der Waals surface area contributed by atoms with Crippen molar-refractivity contribution >= 4 is 45.6 Å². The molecule has 1 aromatic heterocycles. The molecule has 0 aliphatic carbocycles. The molecule has 1 saturated heterocycles. The highest BCUT2D eigenvalue weighted by atomic mass is 32.1. The molecule has 10 heteroatoms. The van der Waals surface area contributed by atoms with E-state index in [4.69, 9.17) is 9.47 Å². The molecule has 4 rings (SSSR count). The smallest absolute Gasteiger partial charge is 0.350 e. The average molecular weight is 576 g/mol. The number of aliphatic hydroxyl groups excluding tert-OH is 1. The maximum atomic E-state index is 13.6. The van der Waals surface area contributed by atoms with Gasteiger partial charge in [-0.05, 0) is 43.2 Å². The van der Waals surface area contributed by atoms with Gasteiger partial charge in [-0.15, -0.1) is 0 Å². The summed E-state index contributed by atoms with van der Waals surface area (Å²) in [6.45, 7) is 7.78. The van der Waals surface area contributed by atoms with Crippen molar-refractivity contribution in [3.8, 4) is 5.75 Å². The molecule has 1 fully saturated rings. The molecule has 1 amide bonds. The molecule has 1 N–H and O–H groups in total. The highest BCUT2D eigenvalue weighted by Gasteiger charge is 2.48. The van der Waals surface area contributed by atoms with Crippen LogP contribution < -0.4 is 14.5 Å². The van der Waals surface area contributed by atoms with Crippen LogP contribution in [0.4, 0.5) is 10.8 Å². The number of ether oxygens (including phenoxy) is 2. The Hall–Kier alpha value is -4.44. The lowest BCUT2D eigenvalue weighted by Crippen LogP contribution is -2.29. The number of hydrogen-bond donors (Lipinski definition) is 1. The van der Waals surface area contributed by atoms with Gasteiger partial charge in [0.1, 0.15) is 23.0 Å². The van der Waals surface area contributed by atoms with E-state index < -0.39 is 23.7 Å². The third-order valence-electron chi connectivity index (χ3n) is 6.55. The molecule has 2 heterocycles. The summed E-state index contributed by atoms with van der Waals surface area (Å²) >= 11 is 0.951. The molecule has 0 bridgehead atoms. The molecule has 2 aromatic carbocycles. The summed E-state index contributed by atoms with van der Waals surface area (Å²) in [6.07, 6.45) is 3.30. The summed E-state index contributed by atoms with van der Waals surface area (Å²) in [6, 6.07) is 13.1. The summed E-state index contributed by atoms with van der Waals surface area (Å²) in [5.74, 6) is -2.10. The number of aliphatic hydroxyl groups is 1. The van der Waals surface area contributed by atoms with E-state index in [0.717, 1.165) is 29.9 Å². The number of aryl methyl sites for hydroxylation is 1. The number of aromatic nitrogens is 1. The SMILES string of the molecule is C=CCOC(=O)c1sc(N2C(=O)C(=O)/C(=C(/O)c3cccc(OCCCC)c3)C2c2ccc(N(C)C)cc2)nc1C. The second-order valence-electron chi connectivity index (χ2n) is 9.68. The van der Waals surface area contributed by atoms with Crippen LogP contribution in [0.25, 0.3) is 5.76 Å². The van der Waals surface area contributed by atoms with E-state index in [1.54, 1.807) is 43.3 Å². The quantitative estimate of drug-likeness (QED) is 0.0779. The van der Waals surface area contributed by atoms with Gasteiger partial charge in [0, 0.05) is 25.3 Å². The van der Waals surface area contributed by atoms with Crippen molar-refractivity contribution in [2.24, 2.45) is 0 Å². The molecule has 0 radical (unpaired) electrons. The van der Waals surface area contributed by atoms with Crippen LogP contribution in [0.2, 0.25) is 0 Å². The van der Waals surface area contributed by atoms with E-state index in [1.165, 1.54) is 11.0 Å². The molecular weight excluding hydrogens is 542 g/mol. The zero-order chi connectivity index (χ0) is 29.7. The predicted molar refractivity (Wildman–Crippen MR) is 160 cm³/mol. The van der Waals surface area contributed by atoms with E-state index >= 15 is 0 Å². The number of ketones is 1.